The summed E-state index contributed by atoms with van der Waals surface area (Å²) < 4.78 is 0.989. The van der Waals surface area contributed by atoms with Gasteiger partial charge in [0.1, 0.15) is 0 Å². The number of hydrogen-bond donors (Lipinski definition) is 0. The minimum absolute atomic E-state index is 0.989. The predicted molar refractivity (Wildman–Crippen MR) is 37.7 cm³/mol. The largest absolute Gasteiger partial charge is 0.331 e. The Labute approximate surface area is 56.8 Å². The molecule has 1 nitrogen and oxygen atoms in total. The topological polar surface area (TPSA) is 0 Å². The van der Waals surface area contributed by atoms with Crippen molar-refractivity contribution in [2.24, 2.45) is 0 Å². The zero-order valence-electron chi connectivity index (χ0n) is 5.82. The van der Waals surface area contributed by atoms with E-state index in [2.05, 4.69) is 21.1 Å². The van der Waals surface area contributed by atoms with Gasteiger partial charge in [-0.25, -0.2) is 0 Å². The van der Waals surface area contributed by atoms with Gasteiger partial charge < -0.3 is 4.48 Å². The molecule has 0 aromatic carbocycles. The van der Waals surface area contributed by atoms with Gasteiger partial charge in [-0.1, -0.05) is 0 Å². The van der Waals surface area contributed by atoms with Gasteiger partial charge in [-0.15, -0.1) is 11.6 Å². The lowest BCUT2D eigenvalue weighted by Crippen LogP contribution is -2.35. The van der Waals surface area contributed by atoms with Crippen molar-refractivity contribution in [1.82, 2.24) is 0 Å². The molecule has 0 aliphatic heterocycles. The van der Waals surface area contributed by atoms with Crippen molar-refractivity contribution in [2.75, 3.05) is 27.7 Å². The first-order valence-corrected chi connectivity index (χ1v) is 3.22. The summed E-state index contributed by atoms with van der Waals surface area (Å²) in [5.41, 5.74) is 0. The maximum absolute atomic E-state index is 5.37. The second kappa shape index (κ2) is 3.31. The Morgan fingerprint density at radius 1 is 1.38 bits per heavy atom. The zero-order chi connectivity index (χ0) is 6.62. The van der Waals surface area contributed by atoms with Crippen LogP contribution in [-0.4, -0.2) is 32.2 Å². The van der Waals surface area contributed by atoms with E-state index >= 15 is 0 Å². The molecule has 0 spiro atoms. The molecule has 0 rings (SSSR count). The minimum Gasteiger partial charge on any atom is -0.331 e. The highest BCUT2D eigenvalue weighted by atomic mass is 35.5. The summed E-state index contributed by atoms with van der Waals surface area (Å²) in [6.07, 6.45) is 0.991. The Kier molecular flexibility index (Phi) is 3.41. The summed E-state index contributed by atoms with van der Waals surface area (Å²) in [4.78, 5) is 0. The molecule has 0 saturated heterocycles. The summed E-state index contributed by atoms with van der Waals surface area (Å²) in [5, 5.41) is 0. The first-order valence-electron chi connectivity index (χ1n) is 2.78. The van der Waals surface area contributed by atoms with E-state index in [9.17, 15) is 0 Å². The normalized spacial score (nSPS) is 12.0. The van der Waals surface area contributed by atoms with Crippen molar-refractivity contribution in [3.05, 3.63) is 5.88 Å². The SMILES string of the molecule is C[N+](C)(C)CC[CH]Cl. The van der Waals surface area contributed by atoms with Crippen molar-refractivity contribution >= 4 is 11.6 Å². The molecule has 0 aromatic heterocycles. The van der Waals surface area contributed by atoms with E-state index in [1.54, 1.807) is 5.88 Å². The predicted octanol–water partition coefficient (Wildman–Crippen LogP) is 1.48. The minimum atomic E-state index is 0.989. The Bertz CT molecular complexity index is 56.0. The van der Waals surface area contributed by atoms with Gasteiger partial charge in [0.05, 0.1) is 33.6 Å². The monoisotopic (exact) mass is 135 g/mol. The van der Waals surface area contributed by atoms with E-state index in [1.165, 1.54) is 0 Å². The second-order valence-corrected chi connectivity index (χ2v) is 3.27. The van der Waals surface area contributed by atoms with Gasteiger partial charge in [0.15, 0.2) is 0 Å². The fourth-order valence-corrected chi connectivity index (χ4v) is 0.534. The highest BCUT2D eigenvalue weighted by Gasteiger charge is 2.03. The molecule has 0 heterocycles. The van der Waals surface area contributed by atoms with E-state index < -0.39 is 0 Å². The molecular formula is C6H14ClN+. The van der Waals surface area contributed by atoms with Gasteiger partial charge in [-0.3, -0.25) is 0 Å². The van der Waals surface area contributed by atoms with Crippen LogP contribution in [0.4, 0.5) is 0 Å². The summed E-state index contributed by atoms with van der Waals surface area (Å²) in [6, 6.07) is 0. The Morgan fingerprint density at radius 3 is 2.00 bits per heavy atom. The maximum atomic E-state index is 5.37. The van der Waals surface area contributed by atoms with Crippen LogP contribution in [0, 0.1) is 5.88 Å². The van der Waals surface area contributed by atoms with Crippen LogP contribution in [-0.2, 0) is 0 Å². The van der Waals surface area contributed by atoms with Crippen LogP contribution in [0.2, 0.25) is 0 Å². The zero-order valence-corrected chi connectivity index (χ0v) is 6.57. The summed E-state index contributed by atoms with van der Waals surface area (Å²) in [6.45, 7) is 1.11. The fourth-order valence-electron chi connectivity index (χ4n) is 0.436. The smallest absolute Gasteiger partial charge is 0.0795 e. The molecule has 0 aliphatic rings. The third-order valence-corrected chi connectivity index (χ3v) is 1.13. The maximum Gasteiger partial charge on any atom is 0.0795 e. The number of quaternary nitrogens is 1. The molecule has 0 aromatic rings. The quantitative estimate of drug-likeness (QED) is 0.515. The lowest BCUT2D eigenvalue weighted by molar-refractivity contribution is -0.870. The molecule has 0 unspecified atom stereocenters. The number of nitrogens with zero attached hydrogens (tertiary/aromatic N) is 1. The lowest BCUT2D eigenvalue weighted by atomic mass is 10.4. The lowest BCUT2D eigenvalue weighted by Gasteiger charge is -2.22. The van der Waals surface area contributed by atoms with Crippen molar-refractivity contribution in [3.63, 3.8) is 0 Å². The van der Waals surface area contributed by atoms with Gasteiger partial charge in [-0.2, -0.15) is 0 Å². The van der Waals surface area contributed by atoms with Crippen molar-refractivity contribution < 1.29 is 4.48 Å². The Balaban J connectivity index is 3.11. The third-order valence-electron chi connectivity index (χ3n) is 0.909. The molecular weight excluding hydrogens is 122 g/mol. The first kappa shape index (κ1) is 8.25. The standard InChI is InChI=1S/C6H14ClN/c1-8(2,3)6-4-5-7/h5H,4,6H2,1-3H3/q+1. The van der Waals surface area contributed by atoms with Crippen LogP contribution in [0.25, 0.3) is 0 Å². The van der Waals surface area contributed by atoms with Crippen molar-refractivity contribution in [2.45, 2.75) is 6.42 Å². The number of rotatable bonds is 3. The molecule has 1 radical (unpaired) electrons. The Hall–Kier alpha value is 0.250. The molecule has 0 atom stereocenters. The van der Waals surface area contributed by atoms with Gasteiger partial charge in [0.2, 0.25) is 0 Å². The van der Waals surface area contributed by atoms with Gasteiger partial charge in [-0.05, 0) is 0 Å². The Morgan fingerprint density at radius 2 is 1.88 bits per heavy atom. The second-order valence-electron chi connectivity index (χ2n) is 2.96. The van der Waals surface area contributed by atoms with Crippen LogP contribution in [0.15, 0.2) is 0 Å². The van der Waals surface area contributed by atoms with E-state index in [-0.39, 0.29) is 0 Å². The van der Waals surface area contributed by atoms with Gasteiger partial charge in [0, 0.05) is 6.42 Å². The summed E-state index contributed by atoms with van der Waals surface area (Å²) in [5.74, 6) is 1.68. The van der Waals surface area contributed by atoms with E-state index in [1.807, 2.05) is 0 Å². The van der Waals surface area contributed by atoms with E-state index in [0.29, 0.717) is 0 Å². The van der Waals surface area contributed by atoms with Crippen molar-refractivity contribution in [1.29, 1.82) is 0 Å². The highest BCUT2D eigenvalue weighted by molar-refractivity contribution is 6.23. The average Bonchev–Trinajstić information content (AvgIpc) is 1.59. The van der Waals surface area contributed by atoms with Crippen LogP contribution in [0.5, 0.6) is 0 Å². The van der Waals surface area contributed by atoms with Crippen LogP contribution in [0.1, 0.15) is 6.42 Å². The fraction of sp³-hybridized carbons (Fsp3) is 0.833. The molecule has 49 valence electrons. The van der Waals surface area contributed by atoms with Crippen LogP contribution >= 0.6 is 11.6 Å². The molecule has 0 N–H and O–H groups in total. The van der Waals surface area contributed by atoms with Crippen LogP contribution < -0.4 is 0 Å². The summed E-state index contributed by atoms with van der Waals surface area (Å²) >= 11 is 5.37. The van der Waals surface area contributed by atoms with E-state index in [4.69, 9.17) is 11.6 Å². The van der Waals surface area contributed by atoms with Crippen LogP contribution in [0.3, 0.4) is 0 Å². The first-order chi connectivity index (χ1) is 3.56. The summed E-state index contributed by atoms with van der Waals surface area (Å²) in [7, 11) is 6.46. The molecule has 0 amide bonds. The third kappa shape index (κ3) is 6.25. The molecule has 0 fully saturated rings. The molecule has 0 saturated carbocycles. The number of hydrogen-bond acceptors (Lipinski definition) is 0. The van der Waals surface area contributed by atoms with Gasteiger partial charge in [0.25, 0.3) is 0 Å². The van der Waals surface area contributed by atoms with Gasteiger partial charge >= 0.3 is 0 Å². The van der Waals surface area contributed by atoms with E-state index in [0.717, 1.165) is 17.4 Å². The average molecular weight is 136 g/mol. The number of halogens is 1. The molecule has 0 aliphatic carbocycles. The van der Waals surface area contributed by atoms with Crippen molar-refractivity contribution in [3.8, 4) is 0 Å². The molecule has 2 heteroatoms. The molecule has 0 bridgehead atoms. The highest BCUT2D eigenvalue weighted by Crippen LogP contribution is 1.97. The molecule has 8 heavy (non-hydrogen) atoms.